The van der Waals surface area contributed by atoms with Gasteiger partial charge in [-0.15, -0.1) is 0 Å². The van der Waals surface area contributed by atoms with Gasteiger partial charge in [0.25, 0.3) is 5.56 Å². The number of rotatable bonds is 3. The fourth-order valence-electron chi connectivity index (χ4n) is 2.91. The molecule has 1 aliphatic rings. The summed E-state index contributed by atoms with van der Waals surface area (Å²) in [6.07, 6.45) is 5.89. The summed E-state index contributed by atoms with van der Waals surface area (Å²) in [7, 11) is 0. The predicted molar refractivity (Wildman–Crippen MR) is 80.3 cm³/mol. The molecule has 2 aromatic rings. The monoisotopic (exact) mass is 285 g/mol. The molecule has 0 N–H and O–H groups in total. The molecule has 1 saturated heterocycles. The molecule has 0 spiro atoms. The summed E-state index contributed by atoms with van der Waals surface area (Å²) in [6.45, 7) is 3.39. The van der Waals surface area contributed by atoms with E-state index >= 15 is 0 Å². The number of carbonyl (C=O) groups is 1. The van der Waals surface area contributed by atoms with Gasteiger partial charge in [-0.05, 0) is 37.9 Å². The third-order valence-corrected chi connectivity index (χ3v) is 4.05. The van der Waals surface area contributed by atoms with Crippen molar-refractivity contribution in [3.63, 3.8) is 0 Å². The minimum Gasteiger partial charge on any atom is -0.302 e. The van der Waals surface area contributed by atoms with Gasteiger partial charge in [-0.25, -0.2) is 4.98 Å². The van der Waals surface area contributed by atoms with Crippen molar-refractivity contribution in [3.05, 3.63) is 46.0 Å². The SMILES string of the molecule is Cc1ccc2nc(CN3CCCCC3C=O)cc(=O)n2c1. The van der Waals surface area contributed by atoms with E-state index in [1.54, 1.807) is 16.7 Å². The van der Waals surface area contributed by atoms with Gasteiger partial charge in [-0.1, -0.05) is 12.5 Å². The molecule has 1 unspecified atom stereocenters. The Kier molecular flexibility index (Phi) is 3.84. The highest BCUT2D eigenvalue weighted by Crippen LogP contribution is 2.17. The molecule has 21 heavy (non-hydrogen) atoms. The average Bonchev–Trinajstić information content (AvgIpc) is 2.49. The second-order valence-electron chi connectivity index (χ2n) is 5.69. The van der Waals surface area contributed by atoms with Crippen LogP contribution < -0.4 is 5.56 Å². The van der Waals surface area contributed by atoms with E-state index in [4.69, 9.17) is 0 Å². The zero-order chi connectivity index (χ0) is 14.8. The first-order chi connectivity index (χ1) is 10.2. The van der Waals surface area contributed by atoms with Crippen LogP contribution in [0.15, 0.2) is 29.2 Å². The number of hydrogen-bond donors (Lipinski definition) is 0. The number of piperidine rings is 1. The Hall–Kier alpha value is -2.01. The van der Waals surface area contributed by atoms with Crippen LogP contribution >= 0.6 is 0 Å². The topological polar surface area (TPSA) is 54.7 Å². The minimum atomic E-state index is -0.0710. The number of aromatic nitrogens is 2. The molecule has 110 valence electrons. The highest BCUT2D eigenvalue weighted by atomic mass is 16.1. The Labute approximate surface area is 123 Å². The molecule has 0 aliphatic carbocycles. The first-order valence-corrected chi connectivity index (χ1v) is 7.35. The third kappa shape index (κ3) is 2.88. The maximum absolute atomic E-state index is 12.2. The van der Waals surface area contributed by atoms with Crippen LogP contribution in [0.4, 0.5) is 0 Å². The van der Waals surface area contributed by atoms with Crippen molar-refractivity contribution in [1.82, 2.24) is 14.3 Å². The quantitative estimate of drug-likeness (QED) is 0.803. The maximum atomic E-state index is 12.2. The fraction of sp³-hybridized carbons (Fsp3) is 0.438. The minimum absolute atomic E-state index is 0.0444. The van der Waals surface area contributed by atoms with Crippen molar-refractivity contribution in [2.24, 2.45) is 0 Å². The van der Waals surface area contributed by atoms with Crippen molar-refractivity contribution in [3.8, 4) is 0 Å². The van der Waals surface area contributed by atoms with E-state index in [1.807, 2.05) is 19.1 Å². The summed E-state index contributed by atoms with van der Waals surface area (Å²) in [6, 6.07) is 5.33. The first kappa shape index (κ1) is 13.9. The number of likely N-dealkylation sites (tertiary alicyclic amines) is 1. The molecule has 3 rings (SSSR count). The van der Waals surface area contributed by atoms with Crippen molar-refractivity contribution in [2.45, 2.75) is 38.8 Å². The number of nitrogens with zero attached hydrogens (tertiary/aromatic N) is 3. The van der Waals surface area contributed by atoms with E-state index in [2.05, 4.69) is 9.88 Å². The van der Waals surface area contributed by atoms with Crippen LogP contribution in [-0.2, 0) is 11.3 Å². The number of hydrogen-bond acceptors (Lipinski definition) is 4. The average molecular weight is 285 g/mol. The summed E-state index contributed by atoms with van der Waals surface area (Å²) in [5.74, 6) is 0. The van der Waals surface area contributed by atoms with Crippen LogP contribution in [-0.4, -0.2) is 33.2 Å². The van der Waals surface area contributed by atoms with Gasteiger partial charge in [-0.3, -0.25) is 14.1 Å². The molecule has 0 bridgehead atoms. The maximum Gasteiger partial charge on any atom is 0.258 e. The second kappa shape index (κ2) is 5.77. The molecular formula is C16H19N3O2. The van der Waals surface area contributed by atoms with Crippen LogP contribution in [0.2, 0.25) is 0 Å². The molecule has 5 heteroatoms. The molecule has 5 nitrogen and oxygen atoms in total. The Morgan fingerprint density at radius 3 is 3.05 bits per heavy atom. The number of pyridine rings is 1. The lowest BCUT2D eigenvalue weighted by Crippen LogP contribution is -2.40. The summed E-state index contributed by atoms with van der Waals surface area (Å²) in [4.78, 5) is 30.0. The van der Waals surface area contributed by atoms with E-state index in [0.717, 1.165) is 43.4 Å². The highest BCUT2D eigenvalue weighted by molar-refractivity contribution is 5.57. The number of fused-ring (bicyclic) bond motifs is 1. The van der Waals surface area contributed by atoms with Crippen LogP contribution in [0.1, 0.15) is 30.5 Å². The van der Waals surface area contributed by atoms with E-state index in [-0.39, 0.29) is 11.6 Å². The fourth-order valence-corrected chi connectivity index (χ4v) is 2.91. The Morgan fingerprint density at radius 2 is 2.24 bits per heavy atom. The van der Waals surface area contributed by atoms with Crippen LogP contribution in [0.3, 0.4) is 0 Å². The first-order valence-electron chi connectivity index (χ1n) is 7.35. The molecule has 3 heterocycles. The molecule has 1 atom stereocenters. The smallest absolute Gasteiger partial charge is 0.258 e. The van der Waals surface area contributed by atoms with Gasteiger partial charge < -0.3 is 4.79 Å². The van der Waals surface area contributed by atoms with Gasteiger partial charge >= 0.3 is 0 Å². The van der Waals surface area contributed by atoms with Crippen LogP contribution in [0.25, 0.3) is 5.65 Å². The molecule has 2 aromatic heterocycles. The largest absolute Gasteiger partial charge is 0.302 e. The summed E-state index contributed by atoms with van der Waals surface area (Å²) >= 11 is 0. The summed E-state index contributed by atoms with van der Waals surface area (Å²) < 4.78 is 1.56. The molecule has 0 saturated carbocycles. The Morgan fingerprint density at radius 1 is 1.38 bits per heavy atom. The van der Waals surface area contributed by atoms with Gasteiger partial charge in [-0.2, -0.15) is 0 Å². The zero-order valence-corrected chi connectivity index (χ0v) is 12.2. The molecule has 0 aromatic carbocycles. The molecule has 0 radical (unpaired) electrons. The van der Waals surface area contributed by atoms with Crippen LogP contribution in [0, 0.1) is 6.92 Å². The second-order valence-corrected chi connectivity index (χ2v) is 5.69. The summed E-state index contributed by atoms with van der Waals surface area (Å²) in [5, 5.41) is 0. The van der Waals surface area contributed by atoms with Gasteiger partial charge in [0, 0.05) is 18.8 Å². The van der Waals surface area contributed by atoms with Crippen molar-refractivity contribution >= 4 is 11.9 Å². The molecule has 1 aliphatic heterocycles. The number of aryl methyl sites for hydroxylation is 1. The van der Waals surface area contributed by atoms with E-state index < -0.39 is 0 Å². The number of aldehydes is 1. The lowest BCUT2D eigenvalue weighted by atomic mass is 10.0. The predicted octanol–water partition coefficient (Wildman–Crippen LogP) is 1.56. The molecule has 0 amide bonds. The molecular weight excluding hydrogens is 266 g/mol. The van der Waals surface area contributed by atoms with Crippen molar-refractivity contribution in [2.75, 3.05) is 6.54 Å². The Bertz CT molecular complexity index is 723. The summed E-state index contributed by atoms with van der Waals surface area (Å²) in [5.41, 5.74) is 2.34. The van der Waals surface area contributed by atoms with Crippen molar-refractivity contribution in [1.29, 1.82) is 0 Å². The van der Waals surface area contributed by atoms with E-state index in [1.165, 1.54) is 0 Å². The van der Waals surface area contributed by atoms with Crippen LogP contribution in [0.5, 0.6) is 0 Å². The van der Waals surface area contributed by atoms with Gasteiger partial charge in [0.2, 0.25) is 0 Å². The zero-order valence-electron chi connectivity index (χ0n) is 12.2. The van der Waals surface area contributed by atoms with Crippen molar-refractivity contribution < 1.29 is 4.79 Å². The molecule has 1 fully saturated rings. The van der Waals surface area contributed by atoms with Gasteiger partial charge in [0.05, 0.1) is 11.7 Å². The standard InChI is InChI=1S/C16H19N3O2/c1-12-5-6-15-17-13(8-16(21)19(15)9-12)10-18-7-3-2-4-14(18)11-20/h5-6,8-9,11,14H,2-4,7,10H2,1H3. The van der Waals surface area contributed by atoms with E-state index in [0.29, 0.717) is 12.2 Å². The lowest BCUT2D eigenvalue weighted by molar-refractivity contribution is -0.113. The van der Waals surface area contributed by atoms with E-state index in [9.17, 15) is 9.59 Å². The highest BCUT2D eigenvalue weighted by Gasteiger charge is 2.22. The normalized spacial score (nSPS) is 19.8. The van der Waals surface area contributed by atoms with Gasteiger partial charge in [0.15, 0.2) is 0 Å². The number of carbonyl (C=O) groups excluding carboxylic acids is 1. The Balaban J connectivity index is 1.92. The van der Waals surface area contributed by atoms with Gasteiger partial charge in [0.1, 0.15) is 11.9 Å². The third-order valence-electron chi connectivity index (χ3n) is 4.05. The lowest BCUT2D eigenvalue weighted by Gasteiger charge is -2.31.